The zero-order chi connectivity index (χ0) is 11.3. The fourth-order valence-corrected chi connectivity index (χ4v) is 1.76. The van der Waals surface area contributed by atoms with Gasteiger partial charge in [-0.05, 0) is 20.5 Å². The summed E-state index contributed by atoms with van der Waals surface area (Å²) in [6.07, 6.45) is 2.22. The van der Waals surface area contributed by atoms with E-state index in [1.165, 1.54) is 0 Å². The van der Waals surface area contributed by atoms with Crippen LogP contribution in [0, 0.1) is 11.2 Å². The molecule has 1 saturated heterocycles. The first kappa shape index (κ1) is 12.1. The van der Waals surface area contributed by atoms with Crippen molar-refractivity contribution in [3.63, 3.8) is 0 Å². The van der Waals surface area contributed by atoms with Crippen LogP contribution < -0.4 is 0 Å². The van der Waals surface area contributed by atoms with Gasteiger partial charge in [0.05, 0.1) is 0 Å². The van der Waals surface area contributed by atoms with Crippen LogP contribution in [0.5, 0.6) is 0 Å². The molecule has 1 aliphatic heterocycles. The van der Waals surface area contributed by atoms with Crippen molar-refractivity contribution in [3.8, 4) is 5.97 Å². The van der Waals surface area contributed by atoms with Gasteiger partial charge in [-0.15, -0.1) is 0 Å². The van der Waals surface area contributed by atoms with Crippen molar-refractivity contribution < 1.29 is 4.79 Å². The van der Waals surface area contributed by atoms with Gasteiger partial charge in [-0.2, -0.15) is 0 Å². The number of nitrogens with zero attached hydrogens (tertiary/aromatic N) is 3. The van der Waals surface area contributed by atoms with Crippen LogP contribution in [0.25, 0.3) is 0 Å². The monoisotopic (exact) mass is 207 g/mol. The number of carbonyl (C=O) groups is 1. The van der Waals surface area contributed by atoms with E-state index in [0.717, 1.165) is 32.4 Å². The van der Waals surface area contributed by atoms with E-state index in [1.807, 2.05) is 19.0 Å². The fourth-order valence-electron chi connectivity index (χ4n) is 1.76. The Labute approximate surface area is 91.9 Å². The van der Waals surface area contributed by atoms with Gasteiger partial charge >= 0.3 is 0 Å². The average molecular weight is 207 g/mol. The number of likely N-dealkylation sites (N-methyl/N-ethyl adjacent to an activating group) is 1. The van der Waals surface area contributed by atoms with Crippen molar-refractivity contribution in [1.29, 1.82) is 5.26 Å². The summed E-state index contributed by atoms with van der Waals surface area (Å²) in [5, 5.41) is 8.81. The molecule has 0 aliphatic carbocycles. The molecule has 15 heavy (non-hydrogen) atoms. The van der Waals surface area contributed by atoms with Crippen molar-refractivity contribution in [1.82, 2.24) is 9.80 Å². The molecule has 82 valence electrons. The van der Waals surface area contributed by atoms with Crippen LogP contribution >= 0.6 is 0 Å². The highest BCUT2D eigenvalue weighted by atomic mass is 16.2. The second-order valence-electron chi connectivity index (χ2n) is 4.36. The van der Waals surface area contributed by atoms with E-state index in [1.54, 1.807) is 0 Å². The number of nitriles is 1. The fraction of sp³-hybridized carbons (Fsp3) is 0.800. The molecule has 5 heteroatoms. The van der Waals surface area contributed by atoms with Crippen LogP contribution in [0.15, 0.2) is 0 Å². The summed E-state index contributed by atoms with van der Waals surface area (Å²) in [6, 6.07) is 0. The number of hydrogen-bond acceptors (Lipinski definition) is 3. The summed E-state index contributed by atoms with van der Waals surface area (Å²) >= 11 is 0. The summed E-state index contributed by atoms with van der Waals surface area (Å²) < 4.78 is 0. The SMILES string of the molecule is CN(C)CCN1CCCB(C#N)CC1=O. The lowest BCUT2D eigenvalue weighted by atomic mass is 9.46. The number of rotatable bonds is 3. The summed E-state index contributed by atoms with van der Waals surface area (Å²) in [6.45, 7) is 2.42. The third-order valence-electron chi connectivity index (χ3n) is 2.75. The first-order valence-electron chi connectivity index (χ1n) is 5.45. The first-order valence-corrected chi connectivity index (χ1v) is 5.45. The standard InChI is InChI=1S/C10H18BN3O/c1-13(2)6-7-14-5-3-4-11(9-12)8-10(14)15/h3-8H2,1-2H3. The highest BCUT2D eigenvalue weighted by molar-refractivity contribution is 6.70. The van der Waals surface area contributed by atoms with Crippen LogP contribution in [0.2, 0.25) is 12.6 Å². The third-order valence-corrected chi connectivity index (χ3v) is 2.75. The normalized spacial score (nSPS) is 17.9. The Kier molecular flexibility index (Phi) is 4.63. The van der Waals surface area contributed by atoms with Crippen LogP contribution in [-0.4, -0.2) is 56.1 Å². The summed E-state index contributed by atoms with van der Waals surface area (Å²) in [4.78, 5) is 15.7. The van der Waals surface area contributed by atoms with Gasteiger partial charge in [0, 0.05) is 31.9 Å². The van der Waals surface area contributed by atoms with Gasteiger partial charge < -0.3 is 9.80 Å². The molecule has 1 amide bonds. The second kappa shape index (κ2) is 5.77. The molecular weight excluding hydrogens is 189 g/mol. The highest BCUT2D eigenvalue weighted by Gasteiger charge is 2.25. The Morgan fingerprint density at radius 1 is 1.60 bits per heavy atom. The molecule has 0 aromatic heterocycles. The predicted molar refractivity (Wildman–Crippen MR) is 60.7 cm³/mol. The molecule has 1 aliphatic rings. The summed E-state index contributed by atoms with van der Waals surface area (Å²) in [5.41, 5.74) is 0. The zero-order valence-electron chi connectivity index (χ0n) is 9.57. The molecule has 4 nitrogen and oxygen atoms in total. The van der Waals surface area contributed by atoms with Crippen molar-refractivity contribution in [2.24, 2.45) is 0 Å². The predicted octanol–water partition coefficient (Wildman–Crippen LogP) is 0.338. The minimum absolute atomic E-state index is 0.0677. The van der Waals surface area contributed by atoms with E-state index >= 15 is 0 Å². The Bertz CT molecular complexity index is 262. The van der Waals surface area contributed by atoms with Crippen LogP contribution in [0.3, 0.4) is 0 Å². The molecule has 1 fully saturated rings. The lowest BCUT2D eigenvalue weighted by molar-refractivity contribution is -0.128. The van der Waals surface area contributed by atoms with E-state index in [0.29, 0.717) is 6.32 Å². The topological polar surface area (TPSA) is 47.3 Å². The number of amides is 1. The Morgan fingerprint density at radius 3 is 2.93 bits per heavy atom. The van der Waals surface area contributed by atoms with E-state index < -0.39 is 0 Å². The molecule has 0 radical (unpaired) electrons. The first-order chi connectivity index (χ1) is 7.13. The van der Waals surface area contributed by atoms with Gasteiger partial charge in [-0.3, -0.25) is 4.79 Å². The maximum Gasteiger partial charge on any atom is 0.277 e. The third kappa shape index (κ3) is 3.92. The van der Waals surface area contributed by atoms with E-state index in [9.17, 15) is 4.79 Å². The Hall–Kier alpha value is -1.02. The van der Waals surface area contributed by atoms with Gasteiger partial charge in [0.1, 0.15) is 0 Å². The molecule has 0 saturated carbocycles. The van der Waals surface area contributed by atoms with Crippen molar-refractivity contribution >= 4 is 12.6 Å². The van der Waals surface area contributed by atoms with Crippen molar-refractivity contribution in [2.75, 3.05) is 33.7 Å². The van der Waals surface area contributed by atoms with E-state index in [4.69, 9.17) is 5.26 Å². The van der Waals surface area contributed by atoms with Gasteiger partial charge in [0.15, 0.2) is 0 Å². The van der Waals surface area contributed by atoms with Crippen LogP contribution in [-0.2, 0) is 4.79 Å². The maximum absolute atomic E-state index is 11.8. The quantitative estimate of drug-likeness (QED) is 0.627. The van der Waals surface area contributed by atoms with Gasteiger partial charge in [-0.25, -0.2) is 5.26 Å². The maximum atomic E-state index is 11.8. The molecule has 0 bridgehead atoms. The lowest BCUT2D eigenvalue weighted by Crippen LogP contribution is -2.36. The second-order valence-corrected chi connectivity index (χ2v) is 4.36. The minimum atomic E-state index is -0.0677. The summed E-state index contributed by atoms with van der Waals surface area (Å²) in [5.74, 6) is 2.34. The number of hydrogen-bond donors (Lipinski definition) is 0. The number of carbonyl (C=O) groups excluding carboxylic acids is 1. The minimum Gasteiger partial charge on any atom is -0.342 e. The largest absolute Gasteiger partial charge is 0.342 e. The molecule has 0 spiro atoms. The Morgan fingerprint density at radius 2 is 2.33 bits per heavy atom. The molecule has 1 rings (SSSR count). The average Bonchev–Trinajstić information content (AvgIpc) is 2.37. The molecule has 0 N–H and O–H groups in total. The van der Waals surface area contributed by atoms with Crippen LogP contribution in [0.4, 0.5) is 0 Å². The van der Waals surface area contributed by atoms with E-state index in [2.05, 4.69) is 10.9 Å². The van der Waals surface area contributed by atoms with Crippen molar-refractivity contribution in [3.05, 3.63) is 0 Å². The zero-order valence-corrected chi connectivity index (χ0v) is 9.57. The molecule has 1 heterocycles. The molecule has 0 aromatic rings. The smallest absolute Gasteiger partial charge is 0.277 e. The van der Waals surface area contributed by atoms with Gasteiger partial charge in [0.25, 0.3) is 6.71 Å². The molecular formula is C10H18BN3O. The highest BCUT2D eigenvalue weighted by Crippen LogP contribution is 2.12. The molecule has 0 aromatic carbocycles. The van der Waals surface area contributed by atoms with Gasteiger partial charge in [0.2, 0.25) is 5.91 Å². The van der Waals surface area contributed by atoms with E-state index in [-0.39, 0.29) is 12.6 Å². The molecule has 0 atom stereocenters. The Balaban J connectivity index is 2.45. The molecule has 0 unspecified atom stereocenters. The van der Waals surface area contributed by atoms with Crippen LogP contribution in [0.1, 0.15) is 6.42 Å². The van der Waals surface area contributed by atoms with Crippen molar-refractivity contribution in [2.45, 2.75) is 19.1 Å². The van der Waals surface area contributed by atoms with Gasteiger partial charge in [-0.1, -0.05) is 6.32 Å². The summed E-state index contributed by atoms with van der Waals surface area (Å²) in [7, 11) is 4.00. The lowest BCUT2D eigenvalue weighted by Gasteiger charge is -2.22.